The lowest BCUT2D eigenvalue weighted by Crippen LogP contribution is -1.94. The molecule has 3 heteroatoms. The second-order valence-electron chi connectivity index (χ2n) is 3.26. The zero-order valence-corrected chi connectivity index (χ0v) is 8.84. The van der Waals surface area contributed by atoms with Crippen molar-refractivity contribution in [2.45, 2.75) is 13.3 Å². The van der Waals surface area contributed by atoms with Crippen LogP contribution in [0.15, 0.2) is 29.6 Å². The van der Waals surface area contributed by atoms with Crippen molar-refractivity contribution >= 4 is 17.0 Å². The van der Waals surface area contributed by atoms with Crippen molar-refractivity contribution in [1.82, 2.24) is 4.98 Å². The first kappa shape index (κ1) is 9.21. The van der Waals surface area contributed by atoms with Gasteiger partial charge in [-0.25, -0.2) is 4.98 Å². The highest BCUT2D eigenvalue weighted by molar-refractivity contribution is 7.09. The van der Waals surface area contributed by atoms with Gasteiger partial charge >= 0.3 is 0 Å². The largest absolute Gasteiger partial charge is 0.398 e. The van der Waals surface area contributed by atoms with Crippen LogP contribution in [0.4, 0.5) is 5.69 Å². The molecule has 2 rings (SSSR count). The van der Waals surface area contributed by atoms with Crippen LogP contribution in [0.1, 0.15) is 16.3 Å². The Bertz CT molecular complexity index is 434. The average Bonchev–Trinajstić information content (AvgIpc) is 2.56. The first-order valence-electron chi connectivity index (χ1n) is 4.50. The van der Waals surface area contributed by atoms with E-state index >= 15 is 0 Å². The van der Waals surface area contributed by atoms with E-state index in [4.69, 9.17) is 5.73 Å². The Morgan fingerprint density at radius 1 is 1.36 bits per heavy atom. The fraction of sp³-hybridized carbons (Fsp3) is 0.182. The lowest BCUT2D eigenvalue weighted by molar-refractivity contribution is 1.10. The molecule has 0 bridgehead atoms. The van der Waals surface area contributed by atoms with Gasteiger partial charge in [0.15, 0.2) is 0 Å². The number of benzene rings is 1. The summed E-state index contributed by atoms with van der Waals surface area (Å²) in [6, 6.07) is 7.93. The Labute approximate surface area is 87.4 Å². The fourth-order valence-electron chi connectivity index (χ4n) is 1.34. The Balaban J connectivity index is 2.23. The molecule has 2 aromatic rings. The van der Waals surface area contributed by atoms with E-state index in [-0.39, 0.29) is 0 Å². The van der Waals surface area contributed by atoms with E-state index in [2.05, 4.69) is 10.4 Å². The highest BCUT2D eigenvalue weighted by Crippen LogP contribution is 2.18. The maximum Gasteiger partial charge on any atom is 0.0972 e. The molecule has 0 atom stereocenters. The smallest absolute Gasteiger partial charge is 0.0972 e. The molecule has 0 unspecified atom stereocenters. The fourth-order valence-corrected chi connectivity index (χ4v) is 2.14. The van der Waals surface area contributed by atoms with Crippen LogP contribution in [0.3, 0.4) is 0 Å². The van der Waals surface area contributed by atoms with E-state index in [1.54, 1.807) is 11.3 Å². The molecule has 0 amide bonds. The lowest BCUT2D eigenvalue weighted by atomic mass is 10.1. The highest BCUT2D eigenvalue weighted by Gasteiger charge is 2.02. The highest BCUT2D eigenvalue weighted by atomic mass is 32.1. The first-order chi connectivity index (χ1) is 6.75. The minimum absolute atomic E-state index is 0.838. The summed E-state index contributed by atoms with van der Waals surface area (Å²) in [4.78, 5) is 4.41. The van der Waals surface area contributed by atoms with Crippen LogP contribution in [-0.2, 0) is 6.42 Å². The molecule has 72 valence electrons. The molecule has 1 aromatic carbocycles. The number of para-hydroxylation sites is 1. The van der Waals surface area contributed by atoms with Gasteiger partial charge < -0.3 is 5.73 Å². The van der Waals surface area contributed by atoms with Crippen LogP contribution in [0.25, 0.3) is 0 Å². The number of hydrogen-bond acceptors (Lipinski definition) is 3. The molecule has 0 saturated carbocycles. The Hall–Kier alpha value is -1.35. The standard InChI is InChI=1S/C11H12N2S/c1-8-7-14-11(13-8)6-9-4-2-3-5-10(9)12/h2-5,7H,6,12H2,1H3. The van der Waals surface area contributed by atoms with Crippen molar-refractivity contribution < 1.29 is 0 Å². The van der Waals surface area contributed by atoms with Crippen molar-refractivity contribution in [2.75, 3.05) is 5.73 Å². The van der Waals surface area contributed by atoms with E-state index < -0.39 is 0 Å². The van der Waals surface area contributed by atoms with E-state index in [1.807, 2.05) is 31.2 Å². The van der Waals surface area contributed by atoms with Gasteiger partial charge in [-0.3, -0.25) is 0 Å². The normalized spacial score (nSPS) is 10.4. The molecule has 14 heavy (non-hydrogen) atoms. The summed E-state index contributed by atoms with van der Waals surface area (Å²) in [5.74, 6) is 0. The summed E-state index contributed by atoms with van der Waals surface area (Å²) in [6.45, 7) is 2.01. The summed E-state index contributed by atoms with van der Waals surface area (Å²) in [6.07, 6.45) is 0.838. The molecule has 1 aromatic heterocycles. The Kier molecular flexibility index (Phi) is 2.50. The first-order valence-corrected chi connectivity index (χ1v) is 5.38. The number of hydrogen-bond donors (Lipinski definition) is 1. The van der Waals surface area contributed by atoms with Crippen molar-refractivity contribution in [3.05, 3.63) is 45.9 Å². The van der Waals surface area contributed by atoms with Crippen LogP contribution < -0.4 is 5.73 Å². The van der Waals surface area contributed by atoms with Crippen molar-refractivity contribution in [3.63, 3.8) is 0 Å². The van der Waals surface area contributed by atoms with Crippen LogP contribution in [0, 0.1) is 6.92 Å². The molecule has 1 heterocycles. The van der Waals surface area contributed by atoms with Gasteiger partial charge in [-0.15, -0.1) is 11.3 Å². The van der Waals surface area contributed by atoms with Gasteiger partial charge in [0.1, 0.15) is 0 Å². The van der Waals surface area contributed by atoms with Crippen LogP contribution in [-0.4, -0.2) is 4.98 Å². The van der Waals surface area contributed by atoms with Gasteiger partial charge in [0.25, 0.3) is 0 Å². The van der Waals surface area contributed by atoms with Gasteiger partial charge in [0.2, 0.25) is 0 Å². The van der Waals surface area contributed by atoms with Gasteiger partial charge in [-0.05, 0) is 18.6 Å². The zero-order valence-electron chi connectivity index (χ0n) is 8.03. The molecular formula is C11H12N2S. The predicted molar refractivity (Wildman–Crippen MR) is 60.5 cm³/mol. The van der Waals surface area contributed by atoms with Crippen LogP contribution >= 0.6 is 11.3 Å². The number of aromatic nitrogens is 1. The number of nitrogens with zero attached hydrogens (tertiary/aromatic N) is 1. The second kappa shape index (κ2) is 3.80. The average molecular weight is 204 g/mol. The van der Waals surface area contributed by atoms with E-state index in [0.29, 0.717) is 0 Å². The monoisotopic (exact) mass is 204 g/mol. The van der Waals surface area contributed by atoms with Gasteiger partial charge in [-0.2, -0.15) is 0 Å². The number of nitrogens with two attached hydrogens (primary N) is 1. The lowest BCUT2D eigenvalue weighted by Gasteiger charge is -2.01. The molecule has 0 fully saturated rings. The topological polar surface area (TPSA) is 38.9 Å². The number of rotatable bonds is 2. The van der Waals surface area contributed by atoms with Gasteiger partial charge in [0.05, 0.1) is 5.01 Å². The predicted octanol–water partition coefficient (Wildman–Crippen LogP) is 2.62. The number of thiazole rings is 1. The molecule has 0 aliphatic rings. The quantitative estimate of drug-likeness (QED) is 0.764. The van der Waals surface area contributed by atoms with E-state index in [1.165, 1.54) is 0 Å². The second-order valence-corrected chi connectivity index (χ2v) is 4.20. The molecule has 2 N–H and O–H groups in total. The Morgan fingerprint density at radius 2 is 2.14 bits per heavy atom. The third-order valence-electron chi connectivity index (χ3n) is 2.06. The number of anilines is 1. The van der Waals surface area contributed by atoms with Gasteiger partial charge in [0, 0.05) is 23.2 Å². The van der Waals surface area contributed by atoms with Gasteiger partial charge in [-0.1, -0.05) is 18.2 Å². The SMILES string of the molecule is Cc1csc(Cc2ccccc2N)n1. The third-order valence-corrected chi connectivity index (χ3v) is 3.03. The molecule has 0 aliphatic heterocycles. The molecule has 0 aliphatic carbocycles. The van der Waals surface area contributed by atoms with Crippen LogP contribution in [0.5, 0.6) is 0 Å². The summed E-state index contributed by atoms with van der Waals surface area (Å²) in [5.41, 5.74) is 8.94. The zero-order chi connectivity index (χ0) is 9.97. The maximum absolute atomic E-state index is 5.85. The summed E-state index contributed by atoms with van der Waals surface area (Å²) in [7, 11) is 0. The summed E-state index contributed by atoms with van der Waals surface area (Å²) in [5, 5.41) is 3.19. The maximum atomic E-state index is 5.85. The molecule has 0 radical (unpaired) electrons. The molecule has 2 nitrogen and oxygen atoms in total. The van der Waals surface area contributed by atoms with Crippen molar-refractivity contribution in [3.8, 4) is 0 Å². The number of aryl methyl sites for hydroxylation is 1. The molecule has 0 saturated heterocycles. The third kappa shape index (κ3) is 1.93. The Morgan fingerprint density at radius 3 is 2.79 bits per heavy atom. The molecular weight excluding hydrogens is 192 g/mol. The van der Waals surface area contributed by atoms with Crippen molar-refractivity contribution in [1.29, 1.82) is 0 Å². The van der Waals surface area contributed by atoms with E-state index in [0.717, 1.165) is 28.4 Å². The minimum atomic E-state index is 0.838. The van der Waals surface area contributed by atoms with Crippen molar-refractivity contribution in [2.24, 2.45) is 0 Å². The summed E-state index contributed by atoms with van der Waals surface area (Å²) < 4.78 is 0. The van der Waals surface area contributed by atoms with E-state index in [9.17, 15) is 0 Å². The number of nitrogen functional groups attached to an aromatic ring is 1. The molecule has 0 spiro atoms. The summed E-state index contributed by atoms with van der Waals surface area (Å²) >= 11 is 1.69. The van der Waals surface area contributed by atoms with Crippen LogP contribution in [0.2, 0.25) is 0 Å². The minimum Gasteiger partial charge on any atom is -0.398 e.